The van der Waals surface area contributed by atoms with Crippen LogP contribution in [-0.2, 0) is 0 Å². The van der Waals surface area contributed by atoms with Crippen LogP contribution in [-0.4, -0.2) is 10.8 Å². The molecule has 0 spiro atoms. The SMILES string of the molecule is O=C(c1cc2sccc2s1)c1c[nH]c2c(Cl)cccc12. The van der Waals surface area contributed by atoms with Gasteiger partial charge in [0.25, 0.3) is 0 Å². The molecule has 0 aliphatic rings. The standard InChI is InChI=1S/C15H8ClNOS2/c16-10-3-1-2-8-9(7-17-14(8)10)15(18)13-6-12-11(20-13)4-5-19-12/h1-7,17H. The highest BCUT2D eigenvalue weighted by molar-refractivity contribution is 7.28. The fourth-order valence-electron chi connectivity index (χ4n) is 2.32. The van der Waals surface area contributed by atoms with E-state index in [0.29, 0.717) is 10.6 Å². The lowest BCUT2D eigenvalue weighted by atomic mass is 10.1. The van der Waals surface area contributed by atoms with Gasteiger partial charge in [-0.05, 0) is 23.6 Å². The van der Waals surface area contributed by atoms with E-state index in [1.165, 1.54) is 11.3 Å². The van der Waals surface area contributed by atoms with Crippen molar-refractivity contribution in [1.82, 2.24) is 4.98 Å². The maximum atomic E-state index is 12.7. The molecule has 4 aromatic rings. The summed E-state index contributed by atoms with van der Waals surface area (Å²) in [6.45, 7) is 0. The molecular formula is C15H8ClNOS2. The molecule has 0 amide bonds. The normalized spacial score (nSPS) is 11.4. The van der Waals surface area contributed by atoms with Gasteiger partial charge in [0.2, 0.25) is 5.78 Å². The molecule has 0 saturated carbocycles. The third kappa shape index (κ3) is 1.73. The van der Waals surface area contributed by atoms with Gasteiger partial charge in [0, 0.05) is 26.5 Å². The lowest BCUT2D eigenvalue weighted by Crippen LogP contribution is -1.96. The van der Waals surface area contributed by atoms with Gasteiger partial charge in [-0.1, -0.05) is 23.7 Å². The average Bonchev–Trinajstić information content (AvgIpc) is 3.11. The molecule has 0 aliphatic heterocycles. The van der Waals surface area contributed by atoms with Gasteiger partial charge in [0.15, 0.2) is 0 Å². The molecule has 0 fully saturated rings. The highest BCUT2D eigenvalue weighted by Gasteiger charge is 2.17. The summed E-state index contributed by atoms with van der Waals surface area (Å²) in [7, 11) is 0. The molecule has 98 valence electrons. The van der Waals surface area contributed by atoms with Gasteiger partial charge in [-0.2, -0.15) is 0 Å². The minimum absolute atomic E-state index is 0.0481. The van der Waals surface area contributed by atoms with E-state index >= 15 is 0 Å². The number of para-hydroxylation sites is 1. The number of rotatable bonds is 2. The van der Waals surface area contributed by atoms with Gasteiger partial charge < -0.3 is 4.98 Å². The molecule has 4 rings (SSSR count). The Labute approximate surface area is 127 Å². The van der Waals surface area contributed by atoms with Crippen LogP contribution in [0.25, 0.3) is 20.3 Å². The Morgan fingerprint density at radius 1 is 1.20 bits per heavy atom. The van der Waals surface area contributed by atoms with E-state index < -0.39 is 0 Å². The van der Waals surface area contributed by atoms with E-state index in [0.717, 1.165) is 25.2 Å². The second-order valence-corrected chi connectivity index (χ2v) is 6.89. The largest absolute Gasteiger partial charge is 0.359 e. The number of H-pyrrole nitrogens is 1. The number of carbonyl (C=O) groups excluding carboxylic acids is 1. The summed E-state index contributed by atoms with van der Waals surface area (Å²) >= 11 is 9.32. The summed E-state index contributed by atoms with van der Waals surface area (Å²) < 4.78 is 2.33. The zero-order chi connectivity index (χ0) is 13.7. The predicted octanol–water partition coefficient (Wildman–Crippen LogP) is 5.33. The minimum atomic E-state index is 0.0481. The van der Waals surface area contributed by atoms with E-state index in [9.17, 15) is 4.79 Å². The highest BCUT2D eigenvalue weighted by atomic mass is 35.5. The molecule has 0 unspecified atom stereocenters. The lowest BCUT2D eigenvalue weighted by molar-refractivity contribution is 0.104. The molecule has 1 aromatic carbocycles. The van der Waals surface area contributed by atoms with Crippen LogP contribution in [0.2, 0.25) is 5.02 Å². The van der Waals surface area contributed by atoms with Crippen molar-refractivity contribution in [2.75, 3.05) is 0 Å². The Balaban J connectivity index is 1.88. The third-order valence-corrected chi connectivity index (χ3v) is 5.68. The van der Waals surface area contributed by atoms with Crippen molar-refractivity contribution in [2.45, 2.75) is 0 Å². The maximum Gasteiger partial charge on any atom is 0.205 e. The van der Waals surface area contributed by atoms with Gasteiger partial charge in [-0.15, -0.1) is 22.7 Å². The molecule has 0 radical (unpaired) electrons. The number of carbonyl (C=O) groups is 1. The summed E-state index contributed by atoms with van der Waals surface area (Å²) in [6.07, 6.45) is 1.74. The predicted molar refractivity (Wildman–Crippen MR) is 86.4 cm³/mol. The lowest BCUT2D eigenvalue weighted by Gasteiger charge is -1.97. The van der Waals surface area contributed by atoms with E-state index in [-0.39, 0.29) is 5.78 Å². The second kappa shape index (κ2) is 4.45. The van der Waals surface area contributed by atoms with E-state index in [1.54, 1.807) is 17.5 Å². The Morgan fingerprint density at radius 2 is 2.10 bits per heavy atom. The van der Waals surface area contributed by atoms with Gasteiger partial charge in [-0.25, -0.2) is 0 Å². The minimum Gasteiger partial charge on any atom is -0.359 e. The first-order valence-electron chi connectivity index (χ1n) is 6.01. The molecule has 0 bridgehead atoms. The number of hydrogen-bond donors (Lipinski definition) is 1. The number of ketones is 1. The Bertz CT molecular complexity index is 919. The van der Waals surface area contributed by atoms with Gasteiger partial charge in [0.1, 0.15) is 0 Å². The Morgan fingerprint density at radius 3 is 2.95 bits per heavy atom. The molecule has 5 heteroatoms. The summed E-state index contributed by atoms with van der Waals surface area (Å²) in [6, 6.07) is 9.61. The zero-order valence-electron chi connectivity index (χ0n) is 10.1. The third-order valence-electron chi connectivity index (χ3n) is 3.27. The van der Waals surface area contributed by atoms with Gasteiger partial charge in [0.05, 0.1) is 15.4 Å². The number of benzene rings is 1. The molecule has 0 atom stereocenters. The summed E-state index contributed by atoms with van der Waals surface area (Å²) in [4.78, 5) is 16.5. The molecule has 0 aliphatic carbocycles. The number of halogens is 1. The molecule has 3 heterocycles. The van der Waals surface area contributed by atoms with Crippen molar-refractivity contribution in [3.8, 4) is 0 Å². The number of aromatic nitrogens is 1. The van der Waals surface area contributed by atoms with Gasteiger partial charge in [-0.3, -0.25) is 4.79 Å². The molecule has 1 N–H and O–H groups in total. The maximum absolute atomic E-state index is 12.7. The molecule has 3 aromatic heterocycles. The first-order valence-corrected chi connectivity index (χ1v) is 8.09. The fourth-order valence-corrected chi connectivity index (χ4v) is 4.61. The number of fused-ring (bicyclic) bond motifs is 2. The monoisotopic (exact) mass is 317 g/mol. The number of hydrogen-bond acceptors (Lipinski definition) is 3. The zero-order valence-corrected chi connectivity index (χ0v) is 12.5. The first-order chi connectivity index (χ1) is 9.74. The number of aromatic amines is 1. The van der Waals surface area contributed by atoms with E-state index in [1.807, 2.05) is 35.7 Å². The quantitative estimate of drug-likeness (QED) is 0.498. The summed E-state index contributed by atoms with van der Waals surface area (Å²) in [5, 5.41) is 3.55. The van der Waals surface area contributed by atoms with Crippen LogP contribution in [0.4, 0.5) is 0 Å². The van der Waals surface area contributed by atoms with Gasteiger partial charge >= 0.3 is 0 Å². The van der Waals surface area contributed by atoms with Crippen LogP contribution < -0.4 is 0 Å². The van der Waals surface area contributed by atoms with Crippen molar-refractivity contribution < 1.29 is 4.79 Å². The molecule has 0 saturated heterocycles. The van der Waals surface area contributed by atoms with Crippen molar-refractivity contribution in [1.29, 1.82) is 0 Å². The van der Waals surface area contributed by atoms with Crippen LogP contribution >= 0.6 is 34.3 Å². The first kappa shape index (κ1) is 12.1. The number of nitrogens with one attached hydrogen (secondary N) is 1. The molecule has 20 heavy (non-hydrogen) atoms. The number of thiophene rings is 2. The van der Waals surface area contributed by atoms with Crippen LogP contribution in [0, 0.1) is 0 Å². The Kier molecular flexibility index (Phi) is 2.70. The topological polar surface area (TPSA) is 32.9 Å². The average molecular weight is 318 g/mol. The fraction of sp³-hybridized carbons (Fsp3) is 0. The van der Waals surface area contributed by atoms with Crippen molar-refractivity contribution >= 4 is 60.4 Å². The van der Waals surface area contributed by atoms with E-state index in [2.05, 4.69) is 4.98 Å². The smallest absolute Gasteiger partial charge is 0.205 e. The summed E-state index contributed by atoms with van der Waals surface area (Å²) in [5.74, 6) is 0.0481. The van der Waals surface area contributed by atoms with Crippen molar-refractivity contribution in [3.05, 3.63) is 57.4 Å². The van der Waals surface area contributed by atoms with E-state index in [4.69, 9.17) is 11.6 Å². The van der Waals surface area contributed by atoms with Crippen LogP contribution in [0.1, 0.15) is 15.2 Å². The Hall–Kier alpha value is -1.62. The van der Waals surface area contributed by atoms with Crippen LogP contribution in [0.15, 0.2) is 41.9 Å². The molecule has 2 nitrogen and oxygen atoms in total. The van der Waals surface area contributed by atoms with Crippen LogP contribution in [0.3, 0.4) is 0 Å². The summed E-state index contributed by atoms with van der Waals surface area (Å²) in [5.41, 5.74) is 1.49. The van der Waals surface area contributed by atoms with Crippen molar-refractivity contribution in [3.63, 3.8) is 0 Å². The second-order valence-electron chi connectivity index (χ2n) is 4.45. The van der Waals surface area contributed by atoms with Crippen LogP contribution in [0.5, 0.6) is 0 Å². The highest BCUT2D eigenvalue weighted by Crippen LogP contribution is 2.33. The molecular weight excluding hydrogens is 310 g/mol. The van der Waals surface area contributed by atoms with Crippen molar-refractivity contribution in [2.24, 2.45) is 0 Å².